The van der Waals surface area contributed by atoms with Crippen LogP contribution in [0.3, 0.4) is 0 Å². The number of hydrogen-bond acceptors (Lipinski definition) is 2. The van der Waals surface area contributed by atoms with Crippen LogP contribution in [0.5, 0.6) is 0 Å². The maximum absolute atomic E-state index is 4.82. The molecule has 4 heteroatoms. The van der Waals surface area contributed by atoms with Crippen LogP contribution in [-0.2, 0) is 8.85 Å². The molecule has 0 aromatic rings. The van der Waals surface area contributed by atoms with E-state index in [0.717, 1.165) is 0 Å². The van der Waals surface area contributed by atoms with Crippen molar-refractivity contribution in [2.24, 2.45) is 0 Å². The summed E-state index contributed by atoms with van der Waals surface area (Å²) >= 11 is 0. The van der Waals surface area contributed by atoms with Gasteiger partial charge < -0.3 is 8.85 Å². The summed E-state index contributed by atoms with van der Waals surface area (Å²) < 4.78 is 9.63. The topological polar surface area (TPSA) is 18.5 Å². The first-order valence-electron chi connectivity index (χ1n) is 1.87. The summed E-state index contributed by atoms with van der Waals surface area (Å²) in [6.45, 7) is 1.97. The van der Waals surface area contributed by atoms with E-state index in [4.69, 9.17) is 8.85 Å². The zero-order valence-electron chi connectivity index (χ0n) is 4.39. The second-order valence-corrected chi connectivity index (χ2v) is 3.12. The van der Waals surface area contributed by atoms with Crippen molar-refractivity contribution in [2.75, 3.05) is 14.2 Å². The summed E-state index contributed by atoms with van der Waals surface area (Å²) in [6.07, 6.45) is 0. The molecule has 40 valence electrons. The van der Waals surface area contributed by atoms with Crippen LogP contribution in [0.1, 0.15) is 0 Å². The van der Waals surface area contributed by atoms with E-state index in [1.54, 1.807) is 14.2 Å². The monoisotopic (exact) mass is 114 g/mol. The van der Waals surface area contributed by atoms with Crippen molar-refractivity contribution >= 4 is 28.1 Å². The van der Waals surface area contributed by atoms with Crippen LogP contribution in [0.2, 0.25) is 6.55 Å². The van der Waals surface area contributed by atoms with Crippen LogP contribution in [0.4, 0.5) is 0 Å². The third-order valence-corrected chi connectivity index (χ3v) is 1.99. The van der Waals surface area contributed by atoms with Gasteiger partial charge in [0.25, 0.3) is 0 Å². The fourth-order valence-electron chi connectivity index (χ4n) is 0.0962. The van der Waals surface area contributed by atoms with Crippen molar-refractivity contribution < 1.29 is 8.85 Å². The van der Waals surface area contributed by atoms with E-state index in [9.17, 15) is 0 Å². The van der Waals surface area contributed by atoms with E-state index in [2.05, 4.69) is 0 Å². The number of rotatable bonds is 2. The standard InChI is InChI=1S/C3H10O2Si.Li.H/c1-4-6(3)5-2;;/h6H,1-3H3;;. The molecule has 0 rings (SSSR count). The fraction of sp³-hybridized carbons (Fsp3) is 1.00. The Bertz CT molecular complexity index is 32.1. The van der Waals surface area contributed by atoms with Crippen LogP contribution in [-0.4, -0.2) is 42.4 Å². The van der Waals surface area contributed by atoms with Gasteiger partial charge in [-0.1, -0.05) is 0 Å². The average Bonchev–Trinajstić information content (AvgIpc) is 1.65. The van der Waals surface area contributed by atoms with Gasteiger partial charge in [-0.2, -0.15) is 0 Å². The first kappa shape index (κ1) is 10.7. The molecule has 2 nitrogen and oxygen atoms in total. The molecule has 7 heavy (non-hydrogen) atoms. The van der Waals surface area contributed by atoms with Crippen LogP contribution in [0, 0.1) is 0 Å². The SMILES string of the molecule is CO[SiH](C)OC.[LiH]. The van der Waals surface area contributed by atoms with Gasteiger partial charge in [-0.3, -0.25) is 0 Å². The van der Waals surface area contributed by atoms with Gasteiger partial charge in [0, 0.05) is 14.2 Å². The van der Waals surface area contributed by atoms with Gasteiger partial charge in [-0.05, 0) is 6.55 Å². The van der Waals surface area contributed by atoms with Crippen molar-refractivity contribution in [2.45, 2.75) is 6.55 Å². The molecule has 0 aliphatic heterocycles. The molecule has 0 heterocycles. The van der Waals surface area contributed by atoms with Gasteiger partial charge in [-0.15, -0.1) is 0 Å². The minimum atomic E-state index is -1.16. The van der Waals surface area contributed by atoms with Gasteiger partial charge in [0.2, 0.25) is 0 Å². The Morgan fingerprint density at radius 2 is 1.43 bits per heavy atom. The van der Waals surface area contributed by atoms with E-state index in [1.165, 1.54) is 0 Å². The first-order chi connectivity index (χ1) is 2.81. The summed E-state index contributed by atoms with van der Waals surface area (Å²) in [5.41, 5.74) is 0. The first-order valence-corrected chi connectivity index (χ1v) is 3.96. The second-order valence-electron chi connectivity index (χ2n) is 1.04. The van der Waals surface area contributed by atoms with E-state index in [1.807, 2.05) is 6.55 Å². The molecule has 0 unspecified atom stereocenters. The van der Waals surface area contributed by atoms with Gasteiger partial charge in [0.15, 0.2) is 0 Å². The Balaban J connectivity index is 0. The van der Waals surface area contributed by atoms with E-state index in [0.29, 0.717) is 0 Å². The van der Waals surface area contributed by atoms with E-state index in [-0.39, 0.29) is 18.9 Å². The molecular formula is C3H11LiO2Si. The van der Waals surface area contributed by atoms with Gasteiger partial charge in [0.05, 0.1) is 0 Å². The van der Waals surface area contributed by atoms with Crippen LogP contribution in [0.25, 0.3) is 0 Å². The third kappa shape index (κ3) is 6.73. The predicted octanol–water partition coefficient (Wildman–Crippen LogP) is -0.519. The Morgan fingerprint density at radius 1 is 1.14 bits per heavy atom. The van der Waals surface area contributed by atoms with Crippen LogP contribution >= 0.6 is 0 Å². The normalized spacial score (nSPS) is 8.57. The van der Waals surface area contributed by atoms with Crippen molar-refractivity contribution in [1.82, 2.24) is 0 Å². The van der Waals surface area contributed by atoms with Gasteiger partial charge in [-0.25, -0.2) is 0 Å². The zero-order chi connectivity index (χ0) is 4.99. The Kier molecular flexibility index (Phi) is 10.3. The van der Waals surface area contributed by atoms with Gasteiger partial charge in [0.1, 0.15) is 0 Å². The Morgan fingerprint density at radius 3 is 1.43 bits per heavy atom. The summed E-state index contributed by atoms with van der Waals surface area (Å²) in [4.78, 5) is 0. The summed E-state index contributed by atoms with van der Waals surface area (Å²) in [7, 11) is 2.17. The van der Waals surface area contributed by atoms with Crippen molar-refractivity contribution in [3.63, 3.8) is 0 Å². The van der Waals surface area contributed by atoms with E-state index < -0.39 is 9.28 Å². The molecule has 0 fully saturated rings. The summed E-state index contributed by atoms with van der Waals surface area (Å²) in [5.74, 6) is 0. The molecule has 0 aliphatic carbocycles. The zero-order valence-corrected chi connectivity index (χ0v) is 5.55. The fourth-order valence-corrected chi connectivity index (χ4v) is 0.289. The van der Waals surface area contributed by atoms with Crippen molar-refractivity contribution in [1.29, 1.82) is 0 Å². The molecule has 0 aromatic carbocycles. The molecule has 0 aliphatic rings. The van der Waals surface area contributed by atoms with Crippen molar-refractivity contribution in [3.8, 4) is 0 Å². The van der Waals surface area contributed by atoms with E-state index >= 15 is 0 Å². The molecule has 0 saturated heterocycles. The molecule has 0 radical (unpaired) electrons. The third-order valence-electron chi connectivity index (χ3n) is 0.664. The van der Waals surface area contributed by atoms with Crippen LogP contribution < -0.4 is 0 Å². The van der Waals surface area contributed by atoms with Gasteiger partial charge >= 0.3 is 28.1 Å². The summed E-state index contributed by atoms with van der Waals surface area (Å²) in [6, 6.07) is 0. The molecule has 0 aromatic heterocycles. The Hall–Kier alpha value is 0.734. The minimum absolute atomic E-state index is 0. The average molecular weight is 114 g/mol. The quantitative estimate of drug-likeness (QED) is 0.450. The predicted molar refractivity (Wildman–Crippen MR) is 34.2 cm³/mol. The second kappa shape index (κ2) is 6.73. The number of hydrogen-bond donors (Lipinski definition) is 0. The summed E-state index contributed by atoms with van der Waals surface area (Å²) in [5, 5.41) is 0. The molecule has 0 N–H and O–H groups in total. The van der Waals surface area contributed by atoms with Crippen LogP contribution in [0.15, 0.2) is 0 Å². The molecular weight excluding hydrogens is 103 g/mol. The molecule has 0 amide bonds. The molecule has 0 bridgehead atoms. The maximum atomic E-state index is 4.82. The van der Waals surface area contributed by atoms with Crippen molar-refractivity contribution in [3.05, 3.63) is 0 Å². The molecule has 0 saturated carbocycles. The Labute approximate surface area is 58.2 Å². The molecule has 0 atom stereocenters. The molecule has 0 spiro atoms.